The Balaban J connectivity index is 0.000000248. The molecule has 0 atom stereocenters. The van der Waals surface area contributed by atoms with Crippen LogP contribution in [0.4, 0.5) is 11.4 Å². The molecule has 0 spiro atoms. The van der Waals surface area contributed by atoms with Crippen LogP contribution in [0.25, 0.3) is 0 Å². The number of nitrogens with zero attached hydrogens (tertiary/aromatic N) is 1. The van der Waals surface area contributed by atoms with Crippen LogP contribution in [0.2, 0.25) is 0 Å². The number of benzene rings is 3. The first-order chi connectivity index (χ1) is 22.3. The molecule has 0 radical (unpaired) electrons. The van der Waals surface area contributed by atoms with E-state index in [9.17, 15) is 5.11 Å². The van der Waals surface area contributed by atoms with Crippen molar-refractivity contribution in [1.82, 2.24) is 0 Å². The summed E-state index contributed by atoms with van der Waals surface area (Å²) >= 11 is 0. The average Bonchev–Trinajstić information content (AvgIpc) is 3.55. The molecule has 3 aromatic rings. The Hall–Kier alpha value is -2.78. The molecule has 0 bridgehead atoms. The second-order valence-electron chi connectivity index (χ2n) is 15.9. The average molecular weight is 657 g/mol. The third-order valence-electron chi connectivity index (χ3n) is 9.82. The van der Waals surface area contributed by atoms with E-state index >= 15 is 0 Å². The molecule has 2 N–H and O–H groups in total. The van der Waals surface area contributed by atoms with E-state index in [2.05, 4.69) is 125 Å². The van der Waals surface area contributed by atoms with Gasteiger partial charge in [0.1, 0.15) is 0 Å². The van der Waals surface area contributed by atoms with Crippen LogP contribution in [0.15, 0.2) is 72.8 Å². The second kappa shape index (κ2) is 20.7. The molecule has 268 valence electrons. The summed E-state index contributed by atoms with van der Waals surface area (Å²) < 4.78 is 0. The number of hydrogen-bond acceptors (Lipinski definition) is 3. The zero-order valence-corrected chi connectivity index (χ0v) is 31.5. The fourth-order valence-corrected chi connectivity index (χ4v) is 6.82. The monoisotopic (exact) mass is 657 g/mol. The lowest BCUT2D eigenvalue weighted by atomic mass is 9.95. The maximum absolute atomic E-state index is 9.75. The SMILES string of the molecule is C.CC(C)c1ccc(CC2CCCC2)cc1.CC(C)c1ccc(N(C)CC(C)(C)O)cc1.CC(C)c1ccc(NC2CCCCC2)cc1. The third-order valence-corrected chi connectivity index (χ3v) is 9.82. The fraction of sp³-hybridized carbons (Fsp3) is 0.600. The highest BCUT2D eigenvalue weighted by Gasteiger charge is 2.17. The molecular formula is C45H72N2O. The lowest BCUT2D eigenvalue weighted by Gasteiger charge is -2.27. The van der Waals surface area contributed by atoms with Gasteiger partial charge in [-0.1, -0.05) is 142 Å². The van der Waals surface area contributed by atoms with E-state index in [1.165, 1.54) is 92.1 Å². The predicted molar refractivity (Wildman–Crippen MR) is 214 cm³/mol. The minimum Gasteiger partial charge on any atom is -0.389 e. The standard InChI is InChI=1S/C15H23N.C15H22.C14H23NO.CH4/c1-12(2)13-8-10-15(11-9-13)16-14-6-4-3-5-7-14;1-12(2)15-9-7-14(8-10-15)11-13-5-3-4-6-13;1-11(2)12-6-8-13(9-7-12)15(5)10-14(3,4)16;/h8-12,14,16H,3-7H2,1-2H3;7-10,12-13H,3-6,11H2,1-2H3;6-9,11,16H,10H2,1-5H3;1H4. The van der Waals surface area contributed by atoms with Crippen molar-refractivity contribution in [3.8, 4) is 0 Å². The number of aliphatic hydroxyl groups is 1. The minimum atomic E-state index is -0.661. The van der Waals surface area contributed by atoms with E-state index in [1.807, 2.05) is 20.9 Å². The maximum Gasteiger partial charge on any atom is 0.0765 e. The molecule has 3 nitrogen and oxygen atoms in total. The molecule has 0 aliphatic heterocycles. The van der Waals surface area contributed by atoms with E-state index in [-0.39, 0.29) is 7.43 Å². The Labute approximate surface area is 297 Å². The number of nitrogens with one attached hydrogen (secondary N) is 1. The summed E-state index contributed by atoms with van der Waals surface area (Å²) in [6, 6.07) is 27.4. The fourth-order valence-electron chi connectivity index (χ4n) is 6.82. The van der Waals surface area contributed by atoms with E-state index < -0.39 is 5.60 Å². The van der Waals surface area contributed by atoms with Gasteiger partial charge in [0.15, 0.2) is 0 Å². The Morgan fingerprint density at radius 2 is 1.06 bits per heavy atom. The molecule has 2 aliphatic carbocycles. The Bertz CT molecular complexity index is 1240. The first-order valence-corrected chi connectivity index (χ1v) is 18.8. The van der Waals surface area contributed by atoms with E-state index in [4.69, 9.17) is 0 Å². The predicted octanol–water partition coefficient (Wildman–Crippen LogP) is 12.8. The summed E-state index contributed by atoms with van der Waals surface area (Å²) in [6.07, 6.45) is 14.0. The highest BCUT2D eigenvalue weighted by molar-refractivity contribution is 5.48. The molecule has 3 aromatic carbocycles. The van der Waals surface area contributed by atoms with Crippen LogP contribution in [0.1, 0.15) is 161 Å². The van der Waals surface area contributed by atoms with Crippen molar-refractivity contribution in [2.75, 3.05) is 23.8 Å². The van der Waals surface area contributed by atoms with Crippen molar-refractivity contribution in [1.29, 1.82) is 0 Å². The van der Waals surface area contributed by atoms with Crippen molar-refractivity contribution >= 4 is 11.4 Å². The molecule has 48 heavy (non-hydrogen) atoms. The number of likely N-dealkylation sites (N-methyl/N-ethyl adjacent to an activating group) is 1. The van der Waals surface area contributed by atoms with Crippen molar-refractivity contribution < 1.29 is 5.11 Å². The van der Waals surface area contributed by atoms with Crippen molar-refractivity contribution in [3.63, 3.8) is 0 Å². The quantitative estimate of drug-likeness (QED) is 0.228. The molecule has 2 aliphatic rings. The van der Waals surface area contributed by atoms with Gasteiger partial charge >= 0.3 is 0 Å². The van der Waals surface area contributed by atoms with Gasteiger partial charge in [-0.3, -0.25) is 0 Å². The highest BCUT2D eigenvalue weighted by atomic mass is 16.3. The van der Waals surface area contributed by atoms with Crippen LogP contribution in [-0.2, 0) is 6.42 Å². The van der Waals surface area contributed by atoms with E-state index in [0.29, 0.717) is 30.3 Å². The molecule has 2 saturated carbocycles. The Morgan fingerprint density at radius 1 is 0.646 bits per heavy atom. The summed E-state index contributed by atoms with van der Waals surface area (Å²) in [7, 11) is 2.00. The van der Waals surface area contributed by atoms with Crippen molar-refractivity contribution in [2.24, 2.45) is 5.92 Å². The minimum absolute atomic E-state index is 0. The summed E-state index contributed by atoms with van der Waals surface area (Å²) in [5, 5.41) is 13.4. The molecule has 2 fully saturated rings. The van der Waals surface area contributed by atoms with Crippen LogP contribution >= 0.6 is 0 Å². The Kier molecular flexibility index (Phi) is 17.8. The number of hydrogen-bond donors (Lipinski definition) is 2. The zero-order valence-electron chi connectivity index (χ0n) is 31.5. The summed E-state index contributed by atoms with van der Waals surface area (Å²) in [4.78, 5) is 2.07. The van der Waals surface area contributed by atoms with E-state index in [0.717, 1.165) is 11.6 Å². The molecule has 0 aromatic heterocycles. The lowest BCUT2D eigenvalue weighted by Crippen LogP contribution is -2.36. The highest BCUT2D eigenvalue weighted by Crippen LogP contribution is 2.28. The van der Waals surface area contributed by atoms with Crippen LogP contribution < -0.4 is 10.2 Å². The van der Waals surface area contributed by atoms with Gasteiger partial charge in [-0.25, -0.2) is 0 Å². The van der Waals surface area contributed by atoms with Crippen LogP contribution in [0.3, 0.4) is 0 Å². The zero-order chi connectivity index (χ0) is 34.4. The van der Waals surface area contributed by atoms with E-state index in [1.54, 1.807) is 0 Å². The number of rotatable bonds is 10. The molecular weight excluding hydrogens is 585 g/mol. The van der Waals surface area contributed by atoms with Gasteiger partial charge in [0.05, 0.1) is 5.60 Å². The molecule has 5 rings (SSSR count). The Morgan fingerprint density at radius 3 is 1.50 bits per heavy atom. The summed E-state index contributed by atoms with van der Waals surface area (Å²) in [5.74, 6) is 2.82. The topological polar surface area (TPSA) is 35.5 Å². The van der Waals surface area contributed by atoms with Gasteiger partial charge < -0.3 is 15.3 Å². The van der Waals surface area contributed by atoms with Crippen molar-refractivity contribution in [3.05, 3.63) is 95.1 Å². The van der Waals surface area contributed by atoms with Gasteiger partial charge in [-0.2, -0.15) is 0 Å². The second-order valence-corrected chi connectivity index (χ2v) is 15.9. The van der Waals surface area contributed by atoms with Gasteiger partial charge in [0.25, 0.3) is 0 Å². The molecule has 0 heterocycles. The van der Waals surface area contributed by atoms with Gasteiger partial charge in [0, 0.05) is 31.0 Å². The first-order valence-electron chi connectivity index (χ1n) is 18.8. The van der Waals surface area contributed by atoms with Crippen LogP contribution in [-0.4, -0.2) is 30.3 Å². The van der Waals surface area contributed by atoms with Gasteiger partial charge in [0.2, 0.25) is 0 Å². The lowest BCUT2D eigenvalue weighted by molar-refractivity contribution is 0.0886. The molecule has 0 saturated heterocycles. The smallest absolute Gasteiger partial charge is 0.0765 e. The molecule has 0 unspecified atom stereocenters. The number of anilines is 2. The van der Waals surface area contributed by atoms with Crippen LogP contribution in [0.5, 0.6) is 0 Å². The summed E-state index contributed by atoms with van der Waals surface area (Å²) in [6.45, 7) is 17.7. The van der Waals surface area contributed by atoms with Crippen molar-refractivity contribution in [2.45, 2.75) is 156 Å². The third kappa shape index (κ3) is 15.2. The largest absolute Gasteiger partial charge is 0.389 e. The summed E-state index contributed by atoms with van der Waals surface area (Å²) in [5.41, 5.74) is 7.54. The molecule has 0 amide bonds. The van der Waals surface area contributed by atoms with Gasteiger partial charge in [-0.05, 0) is 103 Å². The maximum atomic E-state index is 9.75. The first kappa shape index (κ1) is 41.4. The van der Waals surface area contributed by atoms with Gasteiger partial charge in [-0.15, -0.1) is 0 Å². The van der Waals surface area contributed by atoms with Crippen LogP contribution in [0, 0.1) is 5.92 Å². The molecule has 3 heteroatoms. The normalized spacial score (nSPS) is 15.4.